The first kappa shape index (κ1) is 28.2. The van der Waals surface area contributed by atoms with Gasteiger partial charge in [0.2, 0.25) is 0 Å². The lowest BCUT2D eigenvalue weighted by atomic mass is 9.80. The summed E-state index contributed by atoms with van der Waals surface area (Å²) in [5.74, 6) is 0.715. The molecule has 0 atom stereocenters. The van der Waals surface area contributed by atoms with Gasteiger partial charge in [-0.2, -0.15) is 0 Å². The van der Waals surface area contributed by atoms with Crippen LogP contribution in [0.2, 0.25) is 0 Å². The molecular weight excluding hydrogens is 515 g/mol. The van der Waals surface area contributed by atoms with Gasteiger partial charge in [-0.15, -0.1) is 0 Å². The van der Waals surface area contributed by atoms with E-state index in [1.807, 2.05) is 0 Å². The van der Waals surface area contributed by atoms with Crippen molar-refractivity contribution in [1.29, 1.82) is 0 Å². The highest BCUT2D eigenvalue weighted by molar-refractivity contribution is 6.58. The fourth-order valence-corrected chi connectivity index (χ4v) is 3.65. The van der Waals surface area contributed by atoms with Crippen molar-refractivity contribution in [1.82, 2.24) is 0 Å². The molecule has 0 saturated heterocycles. The predicted octanol–water partition coefficient (Wildman–Crippen LogP) is 3.59. The van der Waals surface area contributed by atoms with Crippen molar-refractivity contribution in [3.8, 4) is 28.7 Å². The Morgan fingerprint density at radius 1 is 0.625 bits per heavy atom. The summed E-state index contributed by atoms with van der Waals surface area (Å²) >= 11 is 0. The normalized spacial score (nSPS) is 10.5. The zero-order valence-corrected chi connectivity index (χ0v) is 21.9. The highest BCUT2D eigenvalue weighted by Gasteiger charge is 2.17. The number of aromatic hydroxyl groups is 1. The van der Waals surface area contributed by atoms with E-state index in [4.69, 9.17) is 29.0 Å². The molecule has 0 fully saturated rings. The molecule has 0 aromatic heterocycles. The van der Waals surface area contributed by atoms with Crippen LogP contribution >= 0.6 is 0 Å². The second-order valence-electron chi connectivity index (χ2n) is 8.80. The average Bonchev–Trinajstić information content (AvgIpc) is 2.96. The van der Waals surface area contributed by atoms with Crippen LogP contribution in [0.25, 0.3) is 0 Å². The molecular formula is C30H27BO9. The lowest BCUT2D eigenvalue weighted by Crippen LogP contribution is -2.29. The molecule has 0 bridgehead atoms. The molecule has 0 spiro atoms. The Kier molecular flexibility index (Phi) is 9.06. The largest absolute Gasteiger partial charge is 0.508 e. The van der Waals surface area contributed by atoms with E-state index in [1.54, 1.807) is 74.5 Å². The Labute approximate surface area is 231 Å². The van der Waals surface area contributed by atoms with Crippen LogP contribution in [0, 0.1) is 13.8 Å². The van der Waals surface area contributed by atoms with Crippen molar-refractivity contribution in [2.75, 3.05) is 13.2 Å². The molecule has 0 saturated carbocycles. The van der Waals surface area contributed by atoms with Gasteiger partial charge >= 0.3 is 19.1 Å². The molecule has 4 rings (SSSR count). The number of phenolic OH excluding ortho intramolecular Hbond substituents is 1. The van der Waals surface area contributed by atoms with Crippen molar-refractivity contribution in [2.24, 2.45) is 0 Å². The minimum atomic E-state index is -1.53. The Balaban J connectivity index is 1.29. The van der Waals surface area contributed by atoms with Crippen molar-refractivity contribution in [3.05, 3.63) is 107 Å². The molecule has 4 aromatic carbocycles. The number of esters is 2. The summed E-state index contributed by atoms with van der Waals surface area (Å²) < 4.78 is 22.3. The second kappa shape index (κ2) is 12.8. The summed E-state index contributed by atoms with van der Waals surface area (Å²) in [5, 5.41) is 27.6. The van der Waals surface area contributed by atoms with Gasteiger partial charge in [-0.25, -0.2) is 9.59 Å². The highest BCUT2D eigenvalue weighted by Crippen LogP contribution is 2.30. The summed E-state index contributed by atoms with van der Waals surface area (Å²) in [6, 6.07) is 21.7. The number of hydrogen-bond acceptors (Lipinski definition) is 9. The first-order chi connectivity index (χ1) is 19.2. The summed E-state index contributed by atoms with van der Waals surface area (Å²) in [5.41, 5.74) is 2.28. The first-order valence-electron chi connectivity index (χ1n) is 12.4. The fourth-order valence-electron chi connectivity index (χ4n) is 3.65. The standard InChI is InChI=1S/C30H27BO9/c1-19-20(2)28(16-15-27(19)39-29(33)21-3-9-24(32)10-4-21)40-30(34)22-5-11-25(12-6-22)37-17-18-38-26-13-7-23(8-14-26)31(35)36/h3-16,32,35-36H,17-18H2,1-2H3. The van der Waals surface area contributed by atoms with Gasteiger partial charge < -0.3 is 34.1 Å². The van der Waals surface area contributed by atoms with Gasteiger partial charge in [-0.3, -0.25) is 0 Å². The van der Waals surface area contributed by atoms with Gasteiger partial charge in [0, 0.05) is 0 Å². The zero-order valence-electron chi connectivity index (χ0n) is 21.9. The molecule has 4 aromatic rings. The number of ether oxygens (including phenoxy) is 4. The van der Waals surface area contributed by atoms with E-state index < -0.39 is 19.1 Å². The third-order valence-corrected chi connectivity index (χ3v) is 6.09. The minimum absolute atomic E-state index is 0.0488. The molecule has 9 nitrogen and oxygen atoms in total. The molecule has 40 heavy (non-hydrogen) atoms. The molecule has 10 heteroatoms. The SMILES string of the molecule is Cc1c(OC(=O)c2ccc(O)cc2)ccc(OC(=O)c2ccc(OCCOc3ccc(B(O)O)cc3)cc2)c1C. The van der Waals surface area contributed by atoms with Crippen molar-refractivity contribution in [3.63, 3.8) is 0 Å². The van der Waals surface area contributed by atoms with Crippen LogP contribution in [0.4, 0.5) is 0 Å². The Bertz CT molecular complexity index is 1470. The molecule has 0 aliphatic rings. The van der Waals surface area contributed by atoms with Gasteiger partial charge in [0.05, 0.1) is 11.1 Å². The van der Waals surface area contributed by atoms with Crippen LogP contribution in [0.15, 0.2) is 84.9 Å². The van der Waals surface area contributed by atoms with E-state index in [2.05, 4.69) is 0 Å². The number of rotatable bonds is 10. The predicted molar refractivity (Wildman–Crippen MR) is 148 cm³/mol. The number of benzene rings is 4. The van der Waals surface area contributed by atoms with Gasteiger partial charge in [0.25, 0.3) is 0 Å². The number of carbonyl (C=O) groups excluding carboxylic acids is 2. The van der Waals surface area contributed by atoms with Crippen LogP contribution in [-0.2, 0) is 0 Å². The molecule has 0 unspecified atom stereocenters. The van der Waals surface area contributed by atoms with Crippen LogP contribution in [0.1, 0.15) is 31.8 Å². The smallest absolute Gasteiger partial charge is 0.488 e. The van der Waals surface area contributed by atoms with E-state index in [-0.39, 0.29) is 19.0 Å². The molecule has 0 radical (unpaired) electrons. The van der Waals surface area contributed by atoms with Gasteiger partial charge in [-0.1, -0.05) is 12.1 Å². The molecule has 3 N–H and O–H groups in total. The van der Waals surface area contributed by atoms with Crippen LogP contribution < -0.4 is 24.4 Å². The first-order valence-corrected chi connectivity index (χ1v) is 12.4. The Morgan fingerprint density at radius 3 is 1.45 bits per heavy atom. The molecule has 0 heterocycles. The number of carbonyl (C=O) groups is 2. The maximum Gasteiger partial charge on any atom is 0.488 e. The average molecular weight is 542 g/mol. The number of hydrogen-bond donors (Lipinski definition) is 3. The minimum Gasteiger partial charge on any atom is -0.508 e. The van der Waals surface area contributed by atoms with Gasteiger partial charge in [0.15, 0.2) is 0 Å². The second-order valence-corrected chi connectivity index (χ2v) is 8.80. The maximum atomic E-state index is 12.7. The monoisotopic (exact) mass is 542 g/mol. The highest BCUT2D eigenvalue weighted by atomic mass is 16.5. The summed E-state index contributed by atoms with van der Waals surface area (Å²) in [4.78, 5) is 25.1. The third-order valence-electron chi connectivity index (χ3n) is 6.09. The van der Waals surface area contributed by atoms with E-state index in [0.717, 1.165) is 0 Å². The lowest BCUT2D eigenvalue weighted by Gasteiger charge is -2.14. The van der Waals surface area contributed by atoms with Gasteiger partial charge in [0.1, 0.15) is 42.0 Å². The van der Waals surface area contributed by atoms with Crippen LogP contribution in [-0.4, -0.2) is 47.4 Å². The van der Waals surface area contributed by atoms with Crippen molar-refractivity contribution >= 4 is 24.5 Å². The topological polar surface area (TPSA) is 132 Å². The quantitative estimate of drug-likeness (QED) is 0.119. The molecule has 204 valence electrons. The Hall–Kier alpha value is -4.80. The van der Waals surface area contributed by atoms with E-state index >= 15 is 0 Å². The zero-order chi connectivity index (χ0) is 28.6. The van der Waals surface area contributed by atoms with Crippen molar-refractivity contribution < 1.29 is 43.7 Å². The summed E-state index contributed by atoms with van der Waals surface area (Å²) in [6.45, 7) is 4.05. The van der Waals surface area contributed by atoms with Gasteiger partial charge in [-0.05, 0) is 103 Å². The number of phenols is 1. The van der Waals surface area contributed by atoms with E-state index in [0.29, 0.717) is 50.7 Å². The Morgan fingerprint density at radius 2 is 1.02 bits per heavy atom. The lowest BCUT2D eigenvalue weighted by molar-refractivity contribution is 0.0717. The van der Waals surface area contributed by atoms with Crippen molar-refractivity contribution in [2.45, 2.75) is 13.8 Å². The molecule has 0 aliphatic heterocycles. The molecule has 0 amide bonds. The molecule has 0 aliphatic carbocycles. The van der Waals surface area contributed by atoms with E-state index in [9.17, 15) is 14.7 Å². The van der Waals surface area contributed by atoms with E-state index in [1.165, 1.54) is 24.3 Å². The maximum absolute atomic E-state index is 12.7. The summed E-state index contributed by atoms with van der Waals surface area (Å²) in [6.07, 6.45) is 0. The third kappa shape index (κ3) is 7.19. The van der Waals surface area contributed by atoms with Crippen LogP contribution in [0.3, 0.4) is 0 Å². The fraction of sp³-hybridized carbons (Fsp3) is 0.133. The summed E-state index contributed by atoms with van der Waals surface area (Å²) in [7, 11) is -1.53. The van der Waals surface area contributed by atoms with Crippen LogP contribution in [0.5, 0.6) is 28.7 Å².